The van der Waals surface area contributed by atoms with Gasteiger partial charge >= 0.3 is 5.97 Å². The van der Waals surface area contributed by atoms with Crippen LogP contribution in [0.25, 0.3) is 6.08 Å². The zero-order valence-electron chi connectivity index (χ0n) is 24.9. The number of aromatic nitrogens is 3. The number of hydrogen-bond acceptors (Lipinski definition) is 11. The molecule has 232 valence electrons. The smallest absolute Gasteiger partial charge is 0.338 e. The number of non-ortho nitro benzene ring substituents is 1. The highest BCUT2D eigenvalue weighted by Gasteiger charge is 2.34. The van der Waals surface area contributed by atoms with Crippen LogP contribution in [0.5, 0.6) is 5.75 Å². The number of aromatic amines is 1. The van der Waals surface area contributed by atoms with Crippen molar-refractivity contribution < 1.29 is 19.2 Å². The Morgan fingerprint density at radius 3 is 2.69 bits per heavy atom. The molecule has 0 saturated carbocycles. The topological polar surface area (TPSA) is 159 Å². The van der Waals surface area contributed by atoms with Crippen molar-refractivity contribution in [3.8, 4) is 5.75 Å². The summed E-state index contributed by atoms with van der Waals surface area (Å²) in [5, 5.41) is 12.0. The standard InChI is InChI=1S/C31H29N5O7S2/c1-5-8-22-26(29(39)43-6-2)27(18-9-7-10-21(15-18)42-4)35-28(38)24(45-31(35)33-22)16-19-14-20(36(40)41)11-12-23(19)44-30-32-17(3)13-25(37)34-30/h7,9-16,27H,5-6,8H2,1-4H3,(H,32,34,37)/b24-16+/t27-/m1/s1. The molecule has 0 radical (unpaired) electrons. The van der Waals surface area contributed by atoms with E-state index in [4.69, 9.17) is 14.5 Å². The molecule has 0 bridgehead atoms. The number of methoxy groups -OCH3 is 1. The summed E-state index contributed by atoms with van der Waals surface area (Å²) >= 11 is 2.22. The normalized spacial score (nSPS) is 14.6. The third-order valence-electron chi connectivity index (χ3n) is 6.85. The number of ether oxygens (including phenoxy) is 2. The van der Waals surface area contributed by atoms with Crippen molar-refractivity contribution in [3.63, 3.8) is 0 Å². The van der Waals surface area contributed by atoms with Crippen molar-refractivity contribution in [2.24, 2.45) is 4.99 Å². The molecule has 0 aliphatic carbocycles. The minimum Gasteiger partial charge on any atom is -0.497 e. The fraction of sp³-hybridized carbons (Fsp3) is 0.258. The summed E-state index contributed by atoms with van der Waals surface area (Å²) in [5.74, 6) is -0.0169. The van der Waals surface area contributed by atoms with Crippen LogP contribution in [0, 0.1) is 17.0 Å². The molecule has 0 amide bonds. The molecular formula is C31H29N5O7S2. The maximum Gasteiger partial charge on any atom is 0.338 e. The minimum absolute atomic E-state index is 0.144. The molecule has 0 fully saturated rings. The van der Waals surface area contributed by atoms with Gasteiger partial charge in [-0.3, -0.25) is 24.3 Å². The molecule has 1 N–H and O–H groups in total. The number of hydrogen-bond donors (Lipinski definition) is 1. The zero-order chi connectivity index (χ0) is 32.2. The minimum atomic E-state index is -0.848. The first-order valence-corrected chi connectivity index (χ1v) is 15.7. The predicted molar refractivity (Wildman–Crippen MR) is 169 cm³/mol. The number of thiazole rings is 1. The second-order valence-electron chi connectivity index (χ2n) is 9.96. The zero-order valence-corrected chi connectivity index (χ0v) is 26.5. The van der Waals surface area contributed by atoms with Crippen molar-refractivity contribution in [1.82, 2.24) is 14.5 Å². The average molecular weight is 648 g/mol. The molecule has 1 atom stereocenters. The van der Waals surface area contributed by atoms with Gasteiger partial charge in [0.15, 0.2) is 9.96 Å². The van der Waals surface area contributed by atoms with E-state index in [-0.39, 0.29) is 28.0 Å². The fourth-order valence-electron chi connectivity index (χ4n) is 4.95. The first kappa shape index (κ1) is 31.6. The lowest BCUT2D eigenvalue weighted by Crippen LogP contribution is -2.40. The van der Waals surface area contributed by atoms with Crippen molar-refractivity contribution in [2.75, 3.05) is 13.7 Å². The first-order chi connectivity index (χ1) is 21.6. The molecule has 45 heavy (non-hydrogen) atoms. The summed E-state index contributed by atoms with van der Waals surface area (Å²) in [4.78, 5) is 63.5. The molecule has 1 aliphatic rings. The van der Waals surface area contributed by atoms with Gasteiger partial charge in [0.2, 0.25) is 0 Å². The monoisotopic (exact) mass is 647 g/mol. The molecule has 0 unspecified atom stereocenters. The van der Waals surface area contributed by atoms with Crippen LogP contribution in [0.2, 0.25) is 0 Å². The highest BCUT2D eigenvalue weighted by atomic mass is 32.2. The molecule has 5 rings (SSSR count). The highest BCUT2D eigenvalue weighted by molar-refractivity contribution is 7.99. The van der Waals surface area contributed by atoms with Crippen molar-refractivity contribution >= 4 is 40.8 Å². The predicted octanol–water partition coefficient (Wildman–Crippen LogP) is 4.04. The van der Waals surface area contributed by atoms with E-state index in [1.807, 2.05) is 13.0 Å². The van der Waals surface area contributed by atoms with E-state index in [9.17, 15) is 24.5 Å². The molecule has 14 heteroatoms. The Morgan fingerprint density at radius 2 is 2.00 bits per heavy atom. The SMILES string of the molecule is CCCC1=C(C(=O)OCC)[C@@H](c2cccc(OC)c2)n2c(s/c(=C/c3cc([N+](=O)[O-])ccc3Sc3nc(C)cc(=O)[nH]3)c2=O)=N1. The van der Waals surface area contributed by atoms with Crippen molar-refractivity contribution in [1.29, 1.82) is 0 Å². The Balaban J connectivity index is 1.75. The lowest BCUT2D eigenvalue weighted by molar-refractivity contribution is -0.384. The number of H-pyrrole nitrogens is 1. The van der Waals surface area contributed by atoms with Crippen LogP contribution in [0.15, 0.2) is 84.4 Å². The number of carbonyl (C=O) groups is 1. The van der Waals surface area contributed by atoms with Crippen LogP contribution in [0.3, 0.4) is 0 Å². The third-order valence-corrected chi connectivity index (χ3v) is 8.81. The van der Waals surface area contributed by atoms with Gasteiger partial charge in [0.05, 0.1) is 40.5 Å². The number of benzene rings is 2. The van der Waals surface area contributed by atoms with Gasteiger partial charge in [-0.15, -0.1) is 0 Å². The number of nitro benzene ring substituents is 1. The molecule has 2 aromatic carbocycles. The van der Waals surface area contributed by atoms with Gasteiger partial charge in [-0.2, -0.15) is 0 Å². The van der Waals surface area contributed by atoms with Gasteiger partial charge in [-0.05, 0) is 55.7 Å². The van der Waals surface area contributed by atoms with E-state index in [1.54, 1.807) is 44.2 Å². The largest absolute Gasteiger partial charge is 0.497 e. The van der Waals surface area contributed by atoms with Gasteiger partial charge in [-0.25, -0.2) is 14.8 Å². The average Bonchev–Trinajstić information content (AvgIpc) is 3.31. The summed E-state index contributed by atoms with van der Waals surface area (Å²) in [6.45, 7) is 5.52. The van der Waals surface area contributed by atoms with Gasteiger partial charge in [0.25, 0.3) is 16.8 Å². The Hall–Kier alpha value is -4.82. The number of allylic oxidation sites excluding steroid dienone is 1. The molecule has 4 aromatic rings. The second-order valence-corrected chi connectivity index (χ2v) is 12.0. The van der Waals surface area contributed by atoms with E-state index in [2.05, 4.69) is 9.97 Å². The van der Waals surface area contributed by atoms with Gasteiger partial charge in [0, 0.05) is 28.8 Å². The number of esters is 1. The van der Waals surface area contributed by atoms with Crippen LogP contribution in [0.4, 0.5) is 5.69 Å². The van der Waals surface area contributed by atoms with Crippen LogP contribution >= 0.6 is 23.1 Å². The number of aryl methyl sites for hydroxylation is 1. The van der Waals surface area contributed by atoms with E-state index < -0.39 is 22.5 Å². The maximum absolute atomic E-state index is 14.2. The van der Waals surface area contributed by atoms with Gasteiger partial charge < -0.3 is 14.5 Å². The maximum atomic E-state index is 14.2. The summed E-state index contributed by atoms with van der Waals surface area (Å²) in [5.41, 5.74) is 1.37. The van der Waals surface area contributed by atoms with Gasteiger partial charge in [0.1, 0.15) is 5.75 Å². The molecular weight excluding hydrogens is 619 g/mol. The van der Waals surface area contributed by atoms with Crippen LogP contribution < -0.4 is 25.2 Å². The highest BCUT2D eigenvalue weighted by Crippen LogP contribution is 2.34. The van der Waals surface area contributed by atoms with Crippen LogP contribution in [-0.4, -0.2) is 39.1 Å². The number of nitro groups is 1. The molecule has 0 saturated heterocycles. The quantitative estimate of drug-likeness (QED) is 0.116. The number of carbonyl (C=O) groups excluding carboxylic acids is 1. The molecule has 12 nitrogen and oxygen atoms in total. The van der Waals surface area contributed by atoms with Crippen LogP contribution in [-0.2, 0) is 9.53 Å². The number of nitrogens with zero attached hydrogens (tertiary/aromatic N) is 4. The second kappa shape index (κ2) is 13.4. The Labute approximate surface area is 264 Å². The summed E-state index contributed by atoms with van der Waals surface area (Å²) in [6.07, 6.45) is 2.74. The lowest BCUT2D eigenvalue weighted by Gasteiger charge is -2.26. The molecule has 2 aromatic heterocycles. The molecule has 3 heterocycles. The lowest BCUT2D eigenvalue weighted by atomic mass is 9.94. The van der Waals surface area contributed by atoms with E-state index in [1.165, 1.54) is 29.9 Å². The third kappa shape index (κ3) is 6.66. The van der Waals surface area contributed by atoms with E-state index in [0.29, 0.717) is 56.0 Å². The molecule has 0 spiro atoms. The van der Waals surface area contributed by atoms with E-state index in [0.717, 1.165) is 23.1 Å². The fourth-order valence-corrected chi connectivity index (χ4v) is 6.88. The first-order valence-electron chi connectivity index (χ1n) is 14.0. The van der Waals surface area contributed by atoms with Gasteiger partial charge in [-0.1, -0.05) is 48.6 Å². The number of nitrogens with one attached hydrogen (secondary N) is 1. The Kier molecular flexibility index (Phi) is 9.44. The molecule has 1 aliphatic heterocycles. The Bertz CT molecular complexity index is 2080. The Morgan fingerprint density at radius 1 is 1.20 bits per heavy atom. The number of fused-ring (bicyclic) bond motifs is 1. The number of rotatable bonds is 10. The van der Waals surface area contributed by atoms with Crippen LogP contribution in [0.1, 0.15) is 49.6 Å². The summed E-state index contributed by atoms with van der Waals surface area (Å²) in [7, 11) is 1.53. The van der Waals surface area contributed by atoms with Crippen molar-refractivity contribution in [2.45, 2.75) is 49.7 Å². The summed E-state index contributed by atoms with van der Waals surface area (Å²) < 4.78 is 12.6. The van der Waals surface area contributed by atoms with E-state index >= 15 is 0 Å². The summed E-state index contributed by atoms with van der Waals surface area (Å²) in [6, 6.07) is 11.9. The van der Waals surface area contributed by atoms with Crippen molar-refractivity contribution in [3.05, 3.63) is 117 Å².